The Kier molecular flexibility index (Phi) is 1.80. The van der Waals surface area contributed by atoms with Crippen molar-refractivity contribution in [2.45, 2.75) is 13.8 Å². The Morgan fingerprint density at radius 1 is 1.60 bits per heavy atom. The van der Waals surface area contributed by atoms with Crippen LogP contribution < -0.4 is 0 Å². The first-order valence-corrected chi connectivity index (χ1v) is 2.98. The molecule has 4 heteroatoms. The summed E-state index contributed by atoms with van der Waals surface area (Å²) in [5.41, 5.74) is 0.789. The summed E-state index contributed by atoms with van der Waals surface area (Å²) >= 11 is 0. The van der Waals surface area contributed by atoms with E-state index in [4.69, 9.17) is 4.52 Å². The monoisotopic (exact) mass is 139 g/mol. The number of nitrogens with zero attached hydrogens (tertiary/aromatic N) is 3. The molecule has 0 N–H and O–H groups in total. The maximum Gasteiger partial charge on any atom is 0.223 e. The lowest BCUT2D eigenvalue weighted by Gasteiger charge is -1.84. The van der Waals surface area contributed by atoms with Crippen LogP contribution in [0.3, 0.4) is 0 Å². The van der Waals surface area contributed by atoms with Crippen LogP contribution in [-0.2, 0) is 0 Å². The minimum absolute atomic E-state index is 0.568. The summed E-state index contributed by atoms with van der Waals surface area (Å²) in [5.74, 6) is 1.14. The van der Waals surface area contributed by atoms with Crippen LogP contribution in [0, 0.1) is 6.92 Å². The third-order valence-electron chi connectivity index (χ3n) is 1.19. The van der Waals surface area contributed by atoms with Gasteiger partial charge in [0.1, 0.15) is 0 Å². The molecule has 0 saturated heterocycles. The molecule has 1 aromatic heterocycles. The molecule has 54 valence electrons. The second-order valence-electron chi connectivity index (χ2n) is 1.95. The van der Waals surface area contributed by atoms with E-state index in [1.54, 1.807) is 14.0 Å². The van der Waals surface area contributed by atoms with E-state index in [9.17, 15) is 0 Å². The van der Waals surface area contributed by atoms with Gasteiger partial charge in [-0.15, -0.1) is 0 Å². The zero-order valence-electron chi connectivity index (χ0n) is 6.25. The largest absolute Gasteiger partial charge is 0.339 e. The molecule has 0 radical (unpaired) electrons. The topological polar surface area (TPSA) is 51.3 Å². The van der Waals surface area contributed by atoms with Crippen LogP contribution in [0.4, 0.5) is 0 Å². The lowest BCUT2D eigenvalue weighted by atomic mass is 10.4. The molecule has 0 aliphatic heterocycles. The lowest BCUT2D eigenvalue weighted by molar-refractivity contribution is 0.392. The molecule has 0 amide bonds. The molecule has 4 nitrogen and oxygen atoms in total. The van der Waals surface area contributed by atoms with Gasteiger partial charge in [0.25, 0.3) is 0 Å². The lowest BCUT2D eigenvalue weighted by Crippen LogP contribution is -1.96. The van der Waals surface area contributed by atoms with Crippen molar-refractivity contribution < 1.29 is 4.52 Å². The summed E-state index contributed by atoms with van der Waals surface area (Å²) < 4.78 is 4.75. The van der Waals surface area contributed by atoms with E-state index in [0.29, 0.717) is 11.7 Å². The van der Waals surface area contributed by atoms with Crippen LogP contribution in [0.1, 0.15) is 18.6 Å². The summed E-state index contributed by atoms with van der Waals surface area (Å²) in [6.07, 6.45) is 0. The number of rotatable bonds is 1. The SMILES string of the molecule is CN=C(C)c1noc(C)n1. The van der Waals surface area contributed by atoms with Crippen molar-refractivity contribution in [1.29, 1.82) is 0 Å². The van der Waals surface area contributed by atoms with Gasteiger partial charge in [-0.3, -0.25) is 4.99 Å². The number of hydrogen-bond donors (Lipinski definition) is 0. The Morgan fingerprint density at radius 2 is 2.30 bits per heavy atom. The van der Waals surface area contributed by atoms with Crippen LogP contribution >= 0.6 is 0 Å². The predicted molar refractivity (Wildman–Crippen MR) is 37.2 cm³/mol. The van der Waals surface area contributed by atoms with Crippen molar-refractivity contribution >= 4 is 5.71 Å². The molecule has 0 spiro atoms. The summed E-state index contributed by atoms with van der Waals surface area (Å²) in [7, 11) is 1.70. The first-order valence-electron chi connectivity index (χ1n) is 2.98. The molecule has 0 aromatic carbocycles. The fourth-order valence-corrected chi connectivity index (χ4v) is 0.546. The molecule has 0 unspecified atom stereocenters. The Hall–Kier alpha value is -1.19. The average molecular weight is 139 g/mol. The number of aryl methyl sites for hydroxylation is 1. The molecule has 0 bridgehead atoms. The van der Waals surface area contributed by atoms with Gasteiger partial charge in [-0.25, -0.2) is 0 Å². The average Bonchev–Trinajstić information content (AvgIpc) is 2.34. The van der Waals surface area contributed by atoms with E-state index in [1.807, 2.05) is 6.92 Å². The van der Waals surface area contributed by atoms with E-state index >= 15 is 0 Å². The van der Waals surface area contributed by atoms with Gasteiger partial charge in [0.2, 0.25) is 11.7 Å². The zero-order chi connectivity index (χ0) is 7.56. The van der Waals surface area contributed by atoms with Gasteiger partial charge in [-0.1, -0.05) is 5.16 Å². The highest BCUT2D eigenvalue weighted by Crippen LogP contribution is 1.95. The van der Waals surface area contributed by atoms with Gasteiger partial charge in [-0.2, -0.15) is 4.98 Å². The van der Waals surface area contributed by atoms with Crippen molar-refractivity contribution in [3.8, 4) is 0 Å². The van der Waals surface area contributed by atoms with Crippen molar-refractivity contribution in [3.63, 3.8) is 0 Å². The van der Waals surface area contributed by atoms with Crippen LogP contribution in [0.5, 0.6) is 0 Å². The van der Waals surface area contributed by atoms with Crippen molar-refractivity contribution in [2.75, 3.05) is 7.05 Å². The summed E-state index contributed by atoms with van der Waals surface area (Å²) in [6.45, 7) is 3.59. The Labute approximate surface area is 59.0 Å². The van der Waals surface area contributed by atoms with E-state index < -0.39 is 0 Å². The summed E-state index contributed by atoms with van der Waals surface area (Å²) in [6, 6.07) is 0. The van der Waals surface area contributed by atoms with Gasteiger partial charge in [0.05, 0.1) is 5.71 Å². The molecule has 0 atom stereocenters. The minimum Gasteiger partial charge on any atom is -0.339 e. The van der Waals surface area contributed by atoms with Crippen LogP contribution in [0.2, 0.25) is 0 Å². The third kappa shape index (κ3) is 1.21. The first kappa shape index (κ1) is 6.92. The van der Waals surface area contributed by atoms with E-state index in [0.717, 1.165) is 5.71 Å². The van der Waals surface area contributed by atoms with Gasteiger partial charge in [0.15, 0.2) is 0 Å². The van der Waals surface area contributed by atoms with Crippen LogP contribution in [-0.4, -0.2) is 22.9 Å². The second kappa shape index (κ2) is 2.60. The number of aliphatic imine (C=N–C) groups is 1. The highest BCUT2D eigenvalue weighted by molar-refractivity contribution is 5.94. The Morgan fingerprint density at radius 3 is 2.70 bits per heavy atom. The first-order chi connectivity index (χ1) is 4.74. The zero-order valence-corrected chi connectivity index (χ0v) is 6.25. The molecule has 0 aliphatic rings. The molecule has 10 heavy (non-hydrogen) atoms. The quantitative estimate of drug-likeness (QED) is 0.541. The maximum atomic E-state index is 4.75. The molecule has 0 fully saturated rings. The number of aromatic nitrogens is 2. The highest BCUT2D eigenvalue weighted by atomic mass is 16.5. The molecule has 0 saturated carbocycles. The molecule has 0 aliphatic carbocycles. The van der Waals surface area contributed by atoms with Crippen molar-refractivity contribution in [1.82, 2.24) is 10.1 Å². The van der Waals surface area contributed by atoms with Crippen LogP contribution in [0.25, 0.3) is 0 Å². The fourth-order valence-electron chi connectivity index (χ4n) is 0.546. The van der Waals surface area contributed by atoms with Gasteiger partial charge < -0.3 is 4.52 Å². The Balaban J connectivity index is 2.95. The van der Waals surface area contributed by atoms with E-state index in [-0.39, 0.29) is 0 Å². The van der Waals surface area contributed by atoms with Crippen molar-refractivity contribution in [2.24, 2.45) is 4.99 Å². The van der Waals surface area contributed by atoms with E-state index in [2.05, 4.69) is 15.1 Å². The highest BCUT2D eigenvalue weighted by Gasteiger charge is 2.02. The van der Waals surface area contributed by atoms with Gasteiger partial charge in [0, 0.05) is 14.0 Å². The van der Waals surface area contributed by atoms with E-state index in [1.165, 1.54) is 0 Å². The summed E-state index contributed by atoms with van der Waals surface area (Å²) in [4.78, 5) is 7.88. The Bertz CT molecular complexity index is 251. The molecule has 1 heterocycles. The maximum absolute atomic E-state index is 4.75. The molecular formula is C6H9N3O. The van der Waals surface area contributed by atoms with Gasteiger partial charge >= 0.3 is 0 Å². The second-order valence-corrected chi connectivity index (χ2v) is 1.95. The standard InChI is InChI=1S/C6H9N3O/c1-4(7-3)6-8-5(2)10-9-6/h1-3H3. The normalized spacial score (nSPS) is 12.1. The molecule has 1 rings (SSSR count). The minimum atomic E-state index is 0.568. The summed E-state index contributed by atoms with van der Waals surface area (Å²) in [5, 5.41) is 3.67. The third-order valence-corrected chi connectivity index (χ3v) is 1.19. The molecule has 1 aromatic rings. The predicted octanol–water partition coefficient (Wildman–Crippen LogP) is 0.817. The van der Waals surface area contributed by atoms with Crippen LogP contribution in [0.15, 0.2) is 9.52 Å². The van der Waals surface area contributed by atoms with Crippen molar-refractivity contribution in [3.05, 3.63) is 11.7 Å². The smallest absolute Gasteiger partial charge is 0.223 e. The number of hydrogen-bond acceptors (Lipinski definition) is 4. The van der Waals surface area contributed by atoms with Gasteiger partial charge in [-0.05, 0) is 6.92 Å². The molecular weight excluding hydrogens is 130 g/mol. The fraction of sp³-hybridized carbons (Fsp3) is 0.500.